The van der Waals surface area contributed by atoms with Gasteiger partial charge in [-0.25, -0.2) is 0 Å². The minimum Gasteiger partial charge on any atom is -0.479 e. The lowest BCUT2D eigenvalue weighted by molar-refractivity contribution is -0.143. The van der Waals surface area contributed by atoms with Gasteiger partial charge < -0.3 is 15.0 Å². The Kier molecular flexibility index (Phi) is 8.25. The van der Waals surface area contributed by atoms with Crippen LogP contribution < -0.4 is 10.1 Å². The number of nitrogens with one attached hydrogen (secondary N) is 1. The number of likely N-dealkylation sites (N-methyl/N-ethyl adjacent to an activating group) is 1. The van der Waals surface area contributed by atoms with Gasteiger partial charge in [-0.05, 0) is 54.8 Å². The Morgan fingerprint density at radius 3 is 2.33 bits per heavy atom. The van der Waals surface area contributed by atoms with Crippen LogP contribution in [0.4, 0.5) is 0 Å². The molecule has 0 heterocycles. The number of halogens is 1. The number of para-hydroxylation sites is 1. The third-order valence-electron chi connectivity index (χ3n) is 3.42. The Morgan fingerprint density at radius 1 is 1.21 bits per heavy atom. The van der Waals surface area contributed by atoms with E-state index in [9.17, 15) is 9.59 Å². The summed E-state index contributed by atoms with van der Waals surface area (Å²) in [6.07, 6.45) is -0.643. The summed E-state index contributed by atoms with van der Waals surface area (Å²) in [5.74, 6) is 0.254. The smallest absolute Gasteiger partial charge is 0.264 e. The van der Waals surface area contributed by atoms with E-state index >= 15 is 0 Å². The highest BCUT2D eigenvalue weighted by Crippen LogP contribution is 2.26. The van der Waals surface area contributed by atoms with Crippen molar-refractivity contribution >= 4 is 27.7 Å². The van der Waals surface area contributed by atoms with Gasteiger partial charge in [0.2, 0.25) is 5.91 Å². The molecule has 1 aromatic carbocycles. The van der Waals surface area contributed by atoms with E-state index in [4.69, 9.17) is 4.74 Å². The Labute approximate surface area is 152 Å². The monoisotopic (exact) mass is 398 g/mol. The maximum Gasteiger partial charge on any atom is 0.264 e. The summed E-state index contributed by atoms with van der Waals surface area (Å²) in [5, 5.41) is 2.81. The van der Waals surface area contributed by atoms with Crippen molar-refractivity contribution in [3.8, 4) is 5.75 Å². The van der Waals surface area contributed by atoms with E-state index in [1.54, 1.807) is 0 Å². The van der Waals surface area contributed by atoms with Crippen LogP contribution in [0.2, 0.25) is 0 Å². The molecule has 0 spiro atoms. The minimum atomic E-state index is -0.643. The highest BCUT2D eigenvalue weighted by Gasteiger charge is 2.30. The van der Waals surface area contributed by atoms with E-state index in [1.807, 2.05) is 58.9 Å². The van der Waals surface area contributed by atoms with Crippen molar-refractivity contribution in [2.45, 2.75) is 46.8 Å². The lowest BCUT2D eigenvalue weighted by Gasteiger charge is -2.29. The largest absolute Gasteiger partial charge is 0.479 e. The first kappa shape index (κ1) is 20.5. The summed E-state index contributed by atoms with van der Waals surface area (Å²) >= 11 is 3.43. The van der Waals surface area contributed by atoms with Crippen LogP contribution in [0.3, 0.4) is 0 Å². The van der Waals surface area contributed by atoms with Gasteiger partial charge in [-0.15, -0.1) is 0 Å². The second kappa shape index (κ2) is 9.67. The molecular weight excluding hydrogens is 372 g/mol. The SMILES string of the molecule is CCN(CC(=O)NC(C)C)C(=O)[C@H](Oc1ccccc1Br)C(C)C. The van der Waals surface area contributed by atoms with Crippen LogP contribution in [0.25, 0.3) is 0 Å². The fourth-order valence-corrected chi connectivity index (χ4v) is 2.59. The fraction of sp³-hybridized carbons (Fsp3) is 0.556. The van der Waals surface area contributed by atoms with Gasteiger partial charge in [0.1, 0.15) is 5.75 Å². The standard InChI is InChI=1S/C18H27BrN2O3/c1-6-21(11-16(22)20-13(4)5)18(23)17(12(2)3)24-15-10-8-7-9-14(15)19/h7-10,12-13,17H,6,11H2,1-5H3,(H,20,22)/t17-/m1/s1. The van der Waals surface area contributed by atoms with Crippen LogP contribution in [0.15, 0.2) is 28.7 Å². The molecule has 0 fully saturated rings. The molecule has 1 atom stereocenters. The molecule has 0 aromatic heterocycles. The highest BCUT2D eigenvalue weighted by molar-refractivity contribution is 9.10. The van der Waals surface area contributed by atoms with Crippen molar-refractivity contribution < 1.29 is 14.3 Å². The lowest BCUT2D eigenvalue weighted by atomic mass is 10.1. The van der Waals surface area contributed by atoms with Gasteiger partial charge in [0, 0.05) is 12.6 Å². The number of hydrogen-bond donors (Lipinski definition) is 1. The van der Waals surface area contributed by atoms with Crippen LogP contribution in [0.5, 0.6) is 5.75 Å². The molecule has 1 rings (SSSR count). The first-order valence-electron chi connectivity index (χ1n) is 8.25. The van der Waals surface area contributed by atoms with Crippen molar-refractivity contribution in [2.24, 2.45) is 5.92 Å². The predicted octanol–water partition coefficient (Wildman–Crippen LogP) is 3.23. The second-order valence-electron chi connectivity index (χ2n) is 6.29. The number of carbonyl (C=O) groups is 2. The molecular formula is C18H27BrN2O3. The zero-order valence-electron chi connectivity index (χ0n) is 15.0. The Morgan fingerprint density at radius 2 is 1.83 bits per heavy atom. The van der Waals surface area contributed by atoms with E-state index in [1.165, 1.54) is 4.90 Å². The second-order valence-corrected chi connectivity index (χ2v) is 7.14. The topological polar surface area (TPSA) is 58.6 Å². The quantitative estimate of drug-likeness (QED) is 0.730. The average molecular weight is 399 g/mol. The fourth-order valence-electron chi connectivity index (χ4n) is 2.22. The van der Waals surface area contributed by atoms with Crippen molar-refractivity contribution in [1.29, 1.82) is 0 Å². The molecule has 0 bridgehead atoms. The molecule has 1 aromatic rings. The van der Waals surface area contributed by atoms with Crippen molar-refractivity contribution in [3.63, 3.8) is 0 Å². The predicted molar refractivity (Wildman–Crippen MR) is 98.9 cm³/mol. The van der Waals surface area contributed by atoms with Gasteiger partial charge in [-0.1, -0.05) is 26.0 Å². The molecule has 24 heavy (non-hydrogen) atoms. The molecule has 0 unspecified atom stereocenters. The number of rotatable bonds is 8. The van der Waals surface area contributed by atoms with Gasteiger partial charge in [0.15, 0.2) is 6.10 Å². The Balaban J connectivity index is 2.87. The third kappa shape index (κ3) is 6.15. The number of benzene rings is 1. The molecule has 0 aliphatic carbocycles. The van der Waals surface area contributed by atoms with Gasteiger partial charge in [-0.3, -0.25) is 9.59 Å². The molecule has 0 aliphatic heterocycles. The maximum absolute atomic E-state index is 12.9. The number of ether oxygens (including phenoxy) is 1. The molecule has 0 aliphatic rings. The molecule has 134 valence electrons. The Bertz CT molecular complexity index is 561. The molecule has 0 saturated heterocycles. The number of amides is 2. The summed E-state index contributed by atoms with van der Waals surface area (Å²) in [4.78, 5) is 26.4. The van der Waals surface area contributed by atoms with Crippen LogP contribution in [0, 0.1) is 5.92 Å². The first-order chi connectivity index (χ1) is 11.3. The molecule has 2 amide bonds. The van der Waals surface area contributed by atoms with E-state index in [2.05, 4.69) is 21.2 Å². The van der Waals surface area contributed by atoms with Gasteiger partial charge >= 0.3 is 0 Å². The van der Waals surface area contributed by atoms with E-state index in [-0.39, 0.29) is 30.3 Å². The molecule has 5 nitrogen and oxygen atoms in total. The summed E-state index contributed by atoms with van der Waals surface area (Å²) < 4.78 is 6.74. The summed E-state index contributed by atoms with van der Waals surface area (Å²) in [7, 11) is 0. The molecule has 0 saturated carbocycles. The van der Waals surface area contributed by atoms with E-state index in [0.29, 0.717) is 12.3 Å². The summed E-state index contributed by atoms with van der Waals surface area (Å²) in [5.41, 5.74) is 0. The molecule has 1 N–H and O–H groups in total. The van der Waals surface area contributed by atoms with E-state index in [0.717, 1.165) is 4.47 Å². The van der Waals surface area contributed by atoms with Crippen LogP contribution >= 0.6 is 15.9 Å². The average Bonchev–Trinajstić information content (AvgIpc) is 2.50. The zero-order chi connectivity index (χ0) is 18.3. The van der Waals surface area contributed by atoms with E-state index < -0.39 is 6.10 Å². The summed E-state index contributed by atoms with van der Waals surface area (Å²) in [6.45, 7) is 9.99. The summed E-state index contributed by atoms with van der Waals surface area (Å²) in [6, 6.07) is 7.47. The van der Waals surface area contributed by atoms with Crippen LogP contribution in [-0.2, 0) is 9.59 Å². The number of carbonyl (C=O) groups excluding carboxylic acids is 2. The maximum atomic E-state index is 12.9. The third-order valence-corrected chi connectivity index (χ3v) is 4.07. The Hall–Kier alpha value is -1.56. The molecule has 6 heteroatoms. The highest BCUT2D eigenvalue weighted by atomic mass is 79.9. The molecule has 0 radical (unpaired) electrons. The van der Waals surface area contributed by atoms with Crippen molar-refractivity contribution in [1.82, 2.24) is 10.2 Å². The number of nitrogens with zero attached hydrogens (tertiary/aromatic N) is 1. The normalized spacial score (nSPS) is 12.2. The van der Waals surface area contributed by atoms with Gasteiger partial charge in [0.25, 0.3) is 5.91 Å². The van der Waals surface area contributed by atoms with Gasteiger partial charge in [0.05, 0.1) is 11.0 Å². The van der Waals surface area contributed by atoms with Crippen molar-refractivity contribution in [2.75, 3.05) is 13.1 Å². The zero-order valence-corrected chi connectivity index (χ0v) is 16.6. The first-order valence-corrected chi connectivity index (χ1v) is 9.04. The number of hydrogen-bond acceptors (Lipinski definition) is 3. The lowest BCUT2D eigenvalue weighted by Crippen LogP contribution is -2.49. The van der Waals surface area contributed by atoms with Crippen molar-refractivity contribution in [3.05, 3.63) is 28.7 Å². The van der Waals surface area contributed by atoms with Gasteiger partial charge in [-0.2, -0.15) is 0 Å². The minimum absolute atomic E-state index is 0.0215. The van der Waals surface area contributed by atoms with Crippen LogP contribution in [-0.4, -0.2) is 41.9 Å². The van der Waals surface area contributed by atoms with Crippen LogP contribution in [0.1, 0.15) is 34.6 Å².